The standard InChI is InChI=1S/C62H38N2O6/c65-53-29-27-43(55-57(53)61(69)63(59(55)67)49-33-45(37-11-1-2-12-37)31-46(34-49)38-13-3-4-14-38)25-23-41-21-22-42(52-20-10-9-19-51(41)52)24-26-44-28-30-54(66)58-56(44)60(68)64(62(58)70)50-35-47(39-15-5-6-16-39)32-48(36-50)40-17-7-8-18-40/h1-3,5-7,9-11,13-15,17-22,27-36,65-66H,4,8,12,16H2. The molecule has 0 aromatic heterocycles. The Bertz CT molecular complexity index is 3590. The van der Waals surface area contributed by atoms with Crippen LogP contribution in [-0.4, -0.2) is 33.8 Å². The molecular formula is C62H38N2O6. The van der Waals surface area contributed by atoms with Gasteiger partial charge in [0.05, 0.1) is 33.6 Å². The van der Waals surface area contributed by atoms with E-state index < -0.39 is 23.6 Å². The van der Waals surface area contributed by atoms with Crippen LogP contribution in [-0.2, 0) is 0 Å². The van der Waals surface area contributed by atoms with Crippen LogP contribution in [0.25, 0.3) is 33.1 Å². The van der Waals surface area contributed by atoms with E-state index in [1.807, 2.05) is 97.1 Å². The lowest BCUT2D eigenvalue weighted by atomic mass is 9.97. The molecule has 6 aliphatic rings. The maximum absolute atomic E-state index is 14.4. The highest BCUT2D eigenvalue weighted by molar-refractivity contribution is 6.37. The molecule has 6 aromatic carbocycles. The number of imide groups is 2. The van der Waals surface area contributed by atoms with Crippen LogP contribution in [0.1, 0.15) is 112 Å². The Morgan fingerprint density at radius 3 is 1.23 bits per heavy atom. The maximum Gasteiger partial charge on any atom is 0.269 e. The van der Waals surface area contributed by atoms with E-state index in [0.29, 0.717) is 33.6 Å². The van der Waals surface area contributed by atoms with Gasteiger partial charge in [-0.1, -0.05) is 121 Å². The third-order valence-electron chi connectivity index (χ3n) is 13.5. The van der Waals surface area contributed by atoms with Crippen molar-refractivity contribution in [2.75, 3.05) is 9.80 Å². The molecule has 12 rings (SSSR count). The fourth-order valence-electron chi connectivity index (χ4n) is 10.0. The second kappa shape index (κ2) is 16.7. The summed E-state index contributed by atoms with van der Waals surface area (Å²) in [5, 5.41) is 23.6. The number of carbonyl (C=O) groups excluding carboxylic acids is 4. The van der Waals surface area contributed by atoms with Crippen LogP contribution in [0, 0.1) is 23.7 Å². The van der Waals surface area contributed by atoms with Gasteiger partial charge in [0, 0.05) is 22.3 Å². The fourth-order valence-corrected chi connectivity index (χ4v) is 10.0. The van der Waals surface area contributed by atoms with Crippen LogP contribution < -0.4 is 9.80 Å². The highest BCUT2D eigenvalue weighted by atomic mass is 16.3. The van der Waals surface area contributed by atoms with E-state index in [-0.39, 0.29) is 33.8 Å². The van der Waals surface area contributed by atoms with Gasteiger partial charge in [0.2, 0.25) is 0 Å². The number of rotatable bonds is 6. The normalized spacial score (nSPS) is 16.1. The topological polar surface area (TPSA) is 115 Å². The van der Waals surface area contributed by atoms with E-state index in [2.05, 4.69) is 72.3 Å². The zero-order valence-electron chi connectivity index (χ0n) is 37.4. The predicted molar refractivity (Wildman–Crippen MR) is 274 cm³/mol. The molecule has 8 heteroatoms. The number of benzene rings is 6. The average Bonchev–Trinajstić information content (AvgIpc) is 4.25. The Morgan fingerprint density at radius 2 is 0.829 bits per heavy atom. The number of nitrogens with zero attached hydrogens (tertiary/aromatic N) is 2. The van der Waals surface area contributed by atoms with Gasteiger partial charge in [0.25, 0.3) is 23.6 Å². The highest BCUT2D eigenvalue weighted by Crippen LogP contribution is 2.41. The molecule has 0 saturated heterocycles. The molecular weight excluding hydrogens is 869 g/mol. The zero-order chi connectivity index (χ0) is 47.6. The summed E-state index contributed by atoms with van der Waals surface area (Å²) in [6, 6.07) is 28.6. The molecule has 0 unspecified atom stereocenters. The number of hydrogen-bond acceptors (Lipinski definition) is 6. The van der Waals surface area contributed by atoms with Crippen molar-refractivity contribution in [1.29, 1.82) is 0 Å². The summed E-state index contributed by atoms with van der Waals surface area (Å²) in [4.78, 5) is 59.5. The SMILES string of the molecule is O=C1c2c(O)ccc(C#Cc3ccc(C#Cc4ccc(O)c5c4C(=O)N(c4cc(C6=CCC=C6)cc(C6=CC=CC6)c4)C5=O)c4ccccc34)c2C(=O)N1c1cc(C2=CCC=C2)cc(C2=CC=CC2)c1. The molecule has 0 fully saturated rings. The molecule has 0 radical (unpaired) electrons. The lowest BCUT2D eigenvalue weighted by Gasteiger charge is -2.18. The predicted octanol–water partition coefficient (Wildman–Crippen LogP) is 12.0. The molecule has 4 aliphatic carbocycles. The minimum Gasteiger partial charge on any atom is -0.507 e. The molecule has 332 valence electrons. The van der Waals surface area contributed by atoms with E-state index in [9.17, 15) is 29.4 Å². The first-order chi connectivity index (χ1) is 34.2. The van der Waals surface area contributed by atoms with Crippen LogP contribution in [0.4, 0.5) is 11.4 Å². The van der Waals surface area contributed by atoms with E-state index in [4.69, 9.17) is 0 Å². The van der Waals surface area contributed by atoms with Crippen LogP contribution in [0.5, 0.6) is 11.5 Å². The van der Waals surface area contributed by atoms with Crippen LogP contribution in [0.3, 0.4) is 0 Å². The second-order valence-electron chi connectivity index (χ2n) is 17.6. The summed E-state index contributed by atoms with van der Waals surface area (Å²) in [6.45, 7) is 0. The van der Waals surface area contributed by atoms with E-state index in [1.165, 1.54) is 12.1 Å². The van der Waals surface area contributed by atoms with Gasteiger partial charge in [0.15, 0.2) is 0 Å². The number of fused-ring (bicyclic) bond motifs is 3. The van der Waals surface area contributed by atoms with E-state index in [0.717, 1.165) is 90.8 Å². The molecule has 4 amide bonds. The minimum absolute atomic E-state index is 0.0333. The zero-order valence-corrected chi connectivity index (χ0v) is 37.4. The molecule has 0 saturated carbocycles. The summed E-state index contributed by atoms with van der Waals surface area (Å²) in [5.74, 6) is 9.75. The van der Waals surface area contributed by atoms with Crippen molar-refractivity contribution >= 4 is 68.1 Å². The van der Waals surface area contributed by atoms with Crippen molar-refractivity contribution < 1.29 is 29.4 Å². The molecule has 6 aromatic rings. The number of hydrogen-bond donors (Lipinski definition) is 2. The van der Waals surface area contributed by atoms with Gasteiger partial charge < -0.3 is 10.2 Å². The largest absolute Gasteiger partial charge is 0.507 e. The van der Waals surface area contributed by atoms with Crippen molar-refractivity contribution in [3.05, 3.63) is 237 Å². The summed E-state index contributed by atoms with van der Waals surface area (Å²) in [7, 11) is 0. The number of aromatic hydroxyl groups is 2. The molecule has 0 spiro atoms. The van der Waals surface area contributed by atoms with Gasteiger partial charge in [0.1, 0.15) is 11.5 Å². The number of anilines is 2. The van der Waals surface area contributed by atoms with Crippen molar-refractivity contribution in [3.8, 4) is 35.2 Å². The Kier molecular flexibility index (Phi) is 9.98. The van der Waals surface area contributed by atoms with E-state index >= 15 is 0 Å². The number of allylic oxidation sites excluding steroid dienone is 16. The van der Waals surface area contributed by atoms with Gasteiger partial charge in [-0.05, 0) is 154 Å². The monoisotopic (exact) mass is 906 g/mol. The molecule has 8 nitrogen and oxygen atoms in total. The Morgan fingerprint density at radius 1 is 0.429 bits per heavy atom. The quantitative estimate of drug-likeness (QED) is 0.127. The lowest BCUT2D eigenvalue weighted by molar-refractivity contribution is 0.0909. The van der Waals surface area contributed by atoms with Gasteiger partial charge in [-0.2, -0.15) is 0 Å². The second-order valence-corrected chi connectivity index (χ2v) is 17.6. The summed E-state index contributed by atoms with van der Waals surface area (Å²) in [5.41, 5.74) is 10.2. The van der Waals surface area contributed by atoms with Gasteiger partial charge in [-0.15, -0.1) is 0 Å². The first kappa shape index (κ1) is 41.9. The first-order valence-corrected chi connectivity index (χ1v) is 23.0. The van der Waals surface area contributed by atoms with Crippen LogP contribution in [0.15, 0.2) is 170 Å². The van der Waals surface area contributed by atoms with Gasteiger partial charge >= 0.3 is 0 Å². The third kappa shape index (κ3) is 6.98. The van der Waals surface area contributed by atoms with Crippen molar-refractivity contribution in [2.45, 2.75) is 25.7 Å². The third-order valence-corrected chi connectivity index (χ3v) is 13.5. The van der Waals surface area contributed by atoms with Gasteiger partial charge in [-0.25, -0.2) is 9.80 Å². The molecule has 70 heavy (non-hydrogen) atoms. The van der Waals surface area contributed by atoms with Crippen molar-refractivity contribution in [2.24, 2.45) is 0 Å². The maximum atomic E-state index is 14.4. The number of phenolic OH excluding ortho intramolecular Hbond substituents is 2. The summed E-state index contributed by atoms with van der Waals surface area (Å²) < 4.78 is 0. The smallest absolute Gasteiger partial charge is 0.269 e. The number of phenols is 2. The lowest BCUT2D eigenvalue weighted by Crippen LogP contribution is -2.29. The van der Waals surface area contributed by atoms with Crippen molar-refractivity contribution in [1.82, 2.24) is 0 Å². The highest BCUT2D eigenvalue weighted by Gasteiger charge is 2.42. The minimum atomic E-state index is -0.627. The average molecular weight is 907 g/mol. The van der Waals surface area contributed by atoms with Crippen molar-refractivity contribution in [3.63, 3.8) is 0 Å². The molecule has 2 N–H and O–H groups in total. The van der Waals surface area contributed by atoms with Gasteiger partial charge in [-0.3, -0.25) is 19.2 Å². The van der Waals surface area contributed by atoms with Crippen LogP contribution in [0.2, 0.25) is 0 Å². The molecule has 2 heterocycles. The molecule has 0 atom stereocenters. The first-order valence-electron chi connectivity index (χ1n) is 23.0. The molecule has 0 bridgehead atoms. The summed E-state index contributed by atoms with van der Waals surface area (Å²) in [6.07, 6.45) is 27.6. The fraction of sp³-hybridized carbons (Fsp3) is 0.0645. The Labute approximate surface area is 403 Å². The van der Waals surface area contributed by atoms with Crippen LogP contribution >= 0.6 is 0 Å². The Balaban J connectivity index is 0.874. The number of carbonyl (C=O) groups is 4. The number of amides is 4. The Hall–Kier alpha value is -9.50. The van der Waals surface area contributed by atoms with E-state index in [1.54, 1.807) is 12.1 Å². The summed E-state index contributed by atoms with van der Waals surface area (Å²) >= 11 is 0. The molecule has 2 aliphatic heterocycles.